The molecule has 1 aromatic heterocycles. The maximum Gasteiger partial charge on any atom is 0.342 e. The van der Waals surface area contributed by atoms with Crippen LogP contribution < -0.4 is 10.1 Å². The fourth-order valence-corrected chi connectivity index (χ4v) is 2.67. The Labute approximate surface area is 168 Å². The summed E-state index contributed by atoms with van der Waals surface area (Å²) in [5, 5.41) is 7.13. The number of ether oxygens (including phenoxy) is 2. The zero-order valence-electron chi connectivity index (χ0n) is 16.0. The molecule has 0 saturated carbocycles. The number of amides is 1. The molecule has 0 atom stereocenters. The molecule has 0 spiro atoms. The Hall–Kier alpha value is -3.87. The lowest BCUT2D eigenvalue weighted by Crippen LogP contribution is -2.28. The number of rotatable bonds is 8. The Morgan fingerprint density at radius 2 is 1.97 bits per heavy atom. The monoisotopic (exact) mass is 391 g/mol. The van der Waals surface area contributed by atoms with E-state index in [1.54, 1.807) is 36.2 Å². The predicted octanol–water partition coefficient (Wildman–Crippen LogP) is 3.01. The zero-order valence-corrected chi connectivity index (χ0v) is 16.0. The highest BCUT2D eigenvalue weighted by Crippen LogP contribution is 2.27. The third kappa shape index (κ3) is 4.90. The first kappa shape index (κ1) is 19.9. The minimum atomic E-state index is -0.640. The number of methoxy groups -OCH3 is 1. The normalized spacial score (nSPS) is 10.2. The van der Waals surface area contributed by atoms with Crippen molar-refractivity contribution in [3.8, 4) is 22.7 Å². The van der Waals surface area contributed by atoms with Crippen LogP contribution in [-0.2, 0) is 9.53 Å². The molecule has 0 aliphatic carbocycles. The van der Waals surface area contributed by atoms with E-state index in [1.807, 2.05) is 42.5 Å². The molecular formula is C22H21N3O4. The molecule has 0 saturated heterocycles. The van der Waals surface area contributed by atoms with E-state index in [1.165, 1.54) is 0 Å². The molecule has 0 aliphatic heterocycles. The van der Waals surface area contributed by atoms with Gasteiger partial charge in [0.25, 0.3) is 5.91 Å². The number of nitrogens with zero attached hydrogens (tertiary/aromatic N) is 2. The first-order chi connectivity index (χ1) is 14.1. The van der Waals surface area contributed by atoms with Crippen LogP contribution in [0.3, 0.4) is 0 Å². The van der Waals surface area contributed by atoms with Gasteiger partial charge >= 0.3 is 5.97 Å². The van der Waals surface area contributed by atoms with Crippen molar-refractivity contribution in [3.05, 3.63) is 79.0 Å². The van der Waals surface area contributed by atoms with Crippen LogP contribution >= 0.6 is 0 Å². The molecule has 1 heterocycles. The number of hydrogen-bond donors (Lipinski definition) is 1. The summed E-state index contributed by atoms with van der Waals surface area (Å²) in [7, 11) is 1.57. The van der Waals surface area contributed by atoms with Gasteiger partial charge in [0.2, 0.25) is 0 Å². The Kier molecular flexibility index (Phi) is 6.42. The van der Waals surface area contributed by atoms with Crippen molar-refractivity contribution in [2.24, 2.45) is 0 Å². The van der Waals surface area contributed by atoms with Gasteiger partial charge in [-0.2, -0.15) is 5.10 Å². The molecule has 3 aromatic rings. The second-order valence-electron chi connectivity index (χ2n) is 6.07. The van der Waals surface area contributed by atoms with Gasteiger partial charge < -0.3 is 14.8 Å². The maximum atomic E-state index is 12.7. The van der Waals surface area contributed by atoms with Crippen LogP contribution in [0.15, 0.2) is 73.4 Å². The van der Waals surface area contributed by atoms with E-state index in [0.717, 1.165) is 5.69 Å². The van der Waals surface area contributed by atoms with Crippen LogP contribution in [0.25, 0.3) is 16.9 Å². The highest BCUT2D eigenvalue weighted by molar-refractivity contribution is 5.97. The minimum absolute atomic E-state index is 0.249. The van der Waals surface area contributed by atoms with Crippen molar-refractivity contribution in [1.82, 2.24) is 15.1 Å². The van der Waals surface area contributed by atoms with Crippen LogP contribution in [0.5, 0.6) is 5.75 Å². The van der Waals surface area contributed by atoms with E-state index in [9.17, 15) is 9.59 Å². The number of carbonyl (C=O) groups is 2. The highest BCUT2D eigenvalue weighted by atomic mass is 16.5. The molecule has 1 N–H and O–H groups in total. The topological polar surface area (TPSA) is 82.5 Å². The molecule has 148 valence electrons. The van der Waals surface area contributed by atoms with Crippen LogP contribution in [0.4, 0.5) is 0 Å². The van der Waals surface area contributed by atoms with Crippen molar-refractivity contribution < 1.29 is 19.1 Å². The average Bonchev–Trinajstić information content (AvgIpc) is 3.22. The third-order valence-electron chi connectivity index (χ3n) is 4.08. The van der Waals surface area contributed by atoms with Crippen molar-refractivity contribution in [1.29, 1.82) is 0 Å². The van der Waals surface area contributed by atoms with E-state index in [0.29, 0.717) is 23.6 Å². The van der Waals surface area contributed by atoms with E-state index < -0.39 is 11.9 Å². The molecule has 1 amide bonds. The zero-order chi connectivity index (χ0) is 20.6. The van der Waals surface area contributed by atoms with Gasteiger partial charge in [-0.05, 0) is 24.3 Å². The molecule has 0 radical (unpaired) electrons. The Bertz CT molecular complexity index is 1010. The van der Waals surface area contributed by atoms with Crippen molar-refractivity contribution in [2.75, 3.05) is 20.3 Å². The average molecular weight is 391 g/mol. The molecule has 7 heteroatoms. The maximum absolute atomic E-state index is 12.7. The number of para-hydroxylation sites is 1. The van der Waals surface area contributed by atoms with Crippen LogP contribution in [0, 0.1) is 0 Å². The smallest absolute Gasteiger partial charge is 0.342 e. The first-order valence-corrected chi connectivity index (χ1v) is 8.96. The summed E-state index contributed by atoms with van der Waals surface area (Å²) in [6.07, 6.45) is 3.14. The van der Waals surface area contributed by atoms with Gasteiger partial charge in [0.1, 0.15) is 17.0 Å². The van der Waals surface area contributed by atoms with Crippen molar-refractivity contribution >= 4 is 11.9 Å². The molecule has 7 nitrogen and oxygen atoms in total. The van der Waals surface area contributed by atoms with E-state index in [4.69, 9.17) is 9.47 Å². The Morgan fingerprint density at radius 1 is 1.17 bits per heavy atom. The van der Waals surface area contributed by atoms with E-state index in [-0.39, 0.29) is 12.2 Å². The number of hydrogen-bond acceptors (Lipinski definition) is 5. The van der Waals surface area contributed by atoms with Gasteiger partial charge in [-0.3, -0.25) is 4.79 Å². The fourth-order valence-electron chi connectivity index (χ4n) is 2.67. The number of aromatic nitrogens is 2. The van der Waals surface area contributed by atoms with Gasteiger partial charge in [-0.25, -0.2) is 9.48 Å². The van der Waals surface area contributed by atoms with Crippen LogP contribution in [0.2, 0.25) is 0 Å². The predicted molar refractivity (Wildman–Crippen MR) is 109 cm³/mol. The second kappa shape index (κ2) is 9.36. The molecule has 2 aromatic carbocycles. The van der Waals surface area contributed by atoms with E-state index >= 15 is 0 Å². The summed E-state index contributed by atoms with van der Waals surface area (Å²) in [6, 6.07) is 16.6. The molecular weight excluding hydrogens is 370 g/mol. The Balaban J connectivity index is 1.93. The van der Waals surface area contributed by atoms with Gasteiger partial charge in [-0.1, -0.05) is 36.4 Å². The molecule has 0 bridgehead atoms. The van der Waals surface area contributed by atoms with Crippen molar-refractivity contribution in [3.63, 3.8) is 0 Å². The van der Waals surface area contributed by atoms with Gasteiger partial charge in [0.15, 0.2) is 6.61 Å². The summed E-state index contributed by atoms with van der Waals surface area (Å²) in [5.74, 6) is -0.407. The molecule has 0 fully saturated rings. The van der Waals surface area contributed by atoms with Gasteiger partial charge in [-0.15, -0.1) is 6.58 Å². The molecule has 29 heavy (non-hydrogen) atoms. The lowest BCUT2D eigenvalue weighted by atomic mass is 10.1. The summed E-state index contributed by atoms with van der Waals surface area (Å²) < 4.78 is 12.1. The molecule has 3 rings (SSSR count). The fraction of sp³-hybridized carbons (Fsp3) is 0.136. The largest absolute Gasteiger partial charge is 0.497 e. The number of nitrogens with one attached hydrogen (secondary N) is 1. The standard InChI is InChI=1S/C22H21N3O4/c1-3-12-23-20(26)15-29-22(27)19-14-25(17-9-5-4-6-10-17)24-21(19)16-8-7-11-18(13-16)28-2/h3-11,13-14H,1,12,15H2,2H3,(H,23,26). The van der Waals surface area contributed by atoms with Crippen molar-refractivity contribution in [2.45, 2.75) is 0 Å². The number of carbonyl (C=O) groups excluding carboxylic acids is 2. The lowest BCUT2D eigenvalue weighted by molar-refractivity contribution is -0.124. The second-order valence-corrected chi connectivity index (χ2v) is 6.07. The minimum Gasteiger partial charge on any atom is -0.497 e. The van der Waals surface area contributed by atoms with E-state index in [2.05, 4.69) is 17.0 Å². The third-order valence-corrected chi connectivity index (χ3v) is 4.08. The summed E-state index contributed by atoms with van der Waals surface area (Å²) in [6.45, 7) is 3.44. The quantitative estimate of drug-likeness (QED) is 0.471. The number of benzene rings is 2. The SMILES string of the molecule is C=CCNC(=O)COC(=O)c1cn(-c2ccccc2)nc1-c1cccc(OC)c1. The molecule has 0 aliphatic rings. The molecule has 0 unspecified atom stereocenters. The van der Waals surface area contributed by atoms with Gasteiger partial charge in [0, 0.05) is 18.3 Å². The first-order valence-electron chi connectivity index (χ1n) is 8.96. The Morgan fingerprint density at radius 3 is 2.69 bits per heavy atom. The van der Waals surface area contributed by atoms with Crippen LogP contribution in [-0.4, -0.2) is 41.9 Å². The summed E-state index contributed by atoms with van der Waals surface area (Å²) in [4.78, 5) is 24.4. The summed E-state index contributed by atoms with van der Waals surface area (Å²) in [5.41, 5.74) is 2.17. The van der Waals surface area contributed by atoms with Gasteiger partial charge in [0.05, 0.1) is 12.8 Å². The number of esters is 1. The van der Waals surface area contributed by atoms with Crippen LogP contribution in [0.1, 0.15) is 10.4 Å². The lowest BCUT2D eigenvalue weighted by Gasteiger charge is -2.06. The highest BCUT2D eigenvalue weighted by Gasteiger charge is 2.21. The summed E-state index contributed by atoms with van der Waals surface area (Å²) >= 11 is 0.